The number of amides is 1. The minimum absolute atomic E-state index is 0.0508. The zero-order valence-corrected chi connectivity index (χ0v) is 9.15. The molecular formula is C12H12N2O2. The number of aromatic nitrogens is 1. The Kier molecular flexibility index (Phi) is 2.48. The van der Waals surface area contributed by atoms with E-state index < -0.39 is 0 Å². The third kappa shape index (κ3) is 1.58. The van der Waals surface area contributed by atoms with Crippen LogP contribution >= 0.6 is 0 Å². The number of H-pyrrole nitrogens is 1. The van der Waals surface area contributed by atoms with Gasteiger partial charge in [0.25, 0.3) is 5.91 Å². The molecule has 4 heteroatoms. The fourth-order valence-corrected chi connectivity index (χ4v) is 1.63. The standard InChI is InChI=1S/C12H12N2O2/c1-14(2)12(16)10-6-13-11-5-8(7-15)3-4-9(10)11/h3-7,13H,1-2H3. The number of aromatic amines is 1. The number of rotatable bonds is 2. The summed E-state index contributed by atoms with van der Waals surface area (Å²) in [6.07, 6.45) is 2.45. The van der Waals surface area contributed by atoms with Crippen LogP contribution in [0.25, 0.3) is 10.9 Å². The Labute approximate surface area is 92.9 Å². The highest BCUT2D eigenvalue weighted by Gasteiger charge is 2.13. The van der Waals surface area contributed by atoms with Crippen LogP contribution in [0.3, 0.4) is 0 Å². The lowest BCUT2D eigenvalue weighted by Gasteiger charge is -2.08. The van der Waals surface area contributed by atoms with Crippen molar-refractivity contribution < 1.29 is 9.59 Å². The van der Waals surface area contributed by atoms with E-state index in [1.165, 1.54) is 4.90 Å². The molecule has 4 nitrogen and oxygen atoms in total. The fraction of sp³-hybridized carbons (Fsp3) is 0.167. The second-order valence-corrected chi connectivity index (χ2v) is 3.82. The van der Waals surface area contributed by atoms with Gasteiger partial charge in [0.15, 0.2) is 0 Å². The van der Waals surface area contributed by atoms with E-state index in [1.807, 2.05) is 0 Å². The van der Waals surface area contributed by atoms with E-state index in [0.29, 0.717) is 11.1 Å². The van der Waals surface area contributed by atoms with Gasteiger partial charge in [-0.05, 0) is 6.07 Å². The van der Waals surface area contributed by atoms with Crippen molar-refractivity contribution in [1.29, 1.82) is 0 Å². The van der Waals surface area contributed by atoms with E-state index in [9.17, 15) is 9.59 Å². The molecule has 0 atom stereocenters. The number of nitrogens with one attached hydrogen (secondary N) is 1. The molecule has 1 heterocycles. The summed E-state index contributed by atoms with van der Waals surface area (Å²) in [4.78, 5) is 26.9. The van der Waals surface area contributed by atoms with E-state index >= 15 is 0 Å². The maximum Gasteiger partial charge on any atom is 0.255 e. The predicted octanol–water partition coefficient (Wildman–Crippen LogP) is 1.68. The molecule has 0 aliphatic rings. The van der Waals surface area contributed by atoms with Crippen LogP contribution in [0, 0.1) is 0 Å². The molecule has 0 saturated heterocycles. The van der Waals surface area contributed by atoms with Crippen molar-refractivity contribution in [2.75, 3.05) is 14.1 Å². The summed E-state index contributed by atoms with van der Waals surface area (Å²) in [6.45, 7) is 0. The van der Waals surface area contributed by atoms with Gasteiger partial charge in [-0.15, -0.1) is 0 Å². The zero-order valence-electron chi connectivity index (χ0n) is 9.15. The Hall–Kier alpha value is -2.10. The minimum atomic E-state index is -0.0508. The number of fused-ring (bicyclic) bond motifs is 1. The minimum Gasteiger partial charge on any atom is -0.360 e. The summed E-state index contributed by atoms with van der Waals surface area (Å²) < 4.78 is 0. The molecule has 0 fully saturated rings. The number of hydrogen-bond acceptors (Lipinski definition) is 2. The summed E-state index contributed by atoms with van der Waals surface area (Å²) >= 11 is 0. The summed E-state index contributed by atoms with van der Waals surface area (Å²) in [5.41, 5.74) is 2.02. The lowest BCUT2D eigenvalue weighted by molar-refractivity contribution is 0.0829. The highest BCUT2D eigenvalue weighted by molar-refractivity contribution is 6.07. The highest BCUT2D eigenvalue weighted by atomic mass is 16.2. The van der Waals surface area contributed by atoms with Crippen LogP contribution in [0.15, 0.2) is 24.4 Å². The quantitative estimate of drug-likeness (QED) is 0.776. The number of carbonyl (C=O) groups excluding carboxylic acids is 2. The molecule has 1 amide bonds. The van der Waals surface area contributed by atoms with Gasteiger partial charge in [0.1, 0.15) is 6.29 Å². The molecule has 82 valence electrons. The number of benzene rings is 1. The van der Waals surface area contributed by atoms with E-state index in [1.54, 1.807) is 38.5 Å². The van der Waals surface area contributed by atoms with E-state index in [0.717, 1.165) is 17.2 Å². The van der Waals surface area contributed by atoms with Crippen LogP contribution < -0.4 is 0 Å². The van der Waals surface area contributed by atoms with Gasteiger partial charge in [-0.25, -0.2) is 0 Å². The van der Waals surface area contributed by atoms with Gasteiger partial charge >= 0.3 is 0 Å². The highest BCUT2D eigenvalue weighted by Crippen LogP contribution is 2.20. The van der Waals surface area contributed by atoms with E-state index in [2.05, 4.69) is 4.98 Å². The van der Waals surface area contributed by atoms with Gasteiger partial charge in [0, 0.05) is 36.8 Å². The Bertz CT molecular complexity index is 555. The topological polar surface area (TPSA) is 53.2 Å². The Morgan fingerprint density at radius 2 is 2.12 bits per heavy atom. The molecule has 0 saturated carbocycles. The first-order valence-electron chi connectivity index (χ1n) is 4.91. The lowest BCUT2D eigenvalue weighted by atomic mass is 10.1. The Balaban J connectivity index is 2.58. The van der Waals surface area contributed by atoms with Gasteiger partial charge in [-0.1, -0.05) is 12.1 Å². The normalized spacial score (nSPS) is 10.4. The maximum absolute atomic E-state index is 11.8. The fourth-order valence-electron chi connectivity index (χ4n) is 1.63. The van der Waals surface area contributed by atoms with Crippen LogP contribution in [0.4, 0.5) is 0 Å². The molecule has 1 N–H and O–H groups in total. The van der Waals surface area contributed by atoms with Crippen molar-refractivity contribution in [2.45, 2.75) is 0 Å². The summed E-state index contributed by atoms with van der Waals surface area (Å²) in [5, 5.41) is 0.837. The second kappa shape index (κ2) is 3.81. The molecule has 0 radical (unpaired) electrons. The largest absolute Gasteiger partial charge is 0.360 e. The third-order valence-electron chi connectivity index (χ3n) is 2.48. The van der Waals surface area contributed by atoms with Crippen LogP contribution in [0.1, 0.15) is 20.7 Å². The SMILES string of the molecule is CN(C)C(=O)c1c[nH]c2cc(C=O)ccc12. The average Bonchev–Trinajstić information content (AvgIpc) is 2.70. The van der Waals surface area contributed by atoms with Crippen molar-refractivity contribution in [1.82, 2.24) is 9.88 Å². The first-order valence-corrected chi connectivity index (χ1v) is 4.91. The van der Waals surface area contributed by atoms with Gasteiger partial charge < -0.3 is 9.88 Å². The first-order chi connectivity index (χ1) is 7.63. The molecule has 2 rings (SSSR count). The van der Waals surface area contributed by atoms with Crippen molar-refractivity contribution in [3.8, 4) is 0 Å². The van der Waals surface area contributed by atoms with Crippen LogP contribution in [0.5, 0.6) is 0 Å². The third-order valence-corrected chi connectivity index (χ3v) is 2.48. The molecule has 0 spiro atoms. The maximum atomic E-state index is 11.8. The van der Waals surface area contributed by atoms with Gasteiger partial charge in [0.2, 0.25) is 0 Å². The average molecular weight is 216 g/mol. The van der Waals surface area contributed by atoms with Crippen LogP contribution in [-0.4, -0.2) is 36.2 Å². The van der Waals surface area contributed by atoms with E-state index in [4.69, 9.17) is 0 Å². The smallest absolute Gasteiger partial charge is 0.255 e. The van der Waals surface area contributed by atoms with Gasteiger partial charge in [0.05, 0.1) is 5.56 Å². The van der Waals surface area contributed by atoms with Gasteiger partial charge in [-0.3, -0.25) is 9.59 Å². The first kappa shape index (κ1) is 10.4. The zero-order chi connectivity index (χ0) is 11.7. The predicted molar refractivity (Wildman–Crippen MR) is 61.7 cm³/mol. The number of carbonyl (C=O) groups is 2. The molecule has 1 aromatic carbocycles. The molecule has 2 aromatic rings. The van der Waals surface area contributed by atoms with Crippen molar-refractivity contribution in [3.63, 3.8) is 0 Å². The molecule has 0 unspecified atom stereocenters. The molecular weight excluding hydrogens is 204 g/mol. The van der Waals surface area contributed by atoms with E-state index in [-0.39, 0.29) is 5.91 Å². The Morgan fingerprint density at radius 1 is 1.38 bits per heavy atom. The van der Waals surface area contributed by atoms with Crippen molar-refractivity contribution in [2.24, 2.45) is 0 Å². The summed E-state index contributed by atoms with van der Waals surface area (Å²) in [6, 6.07) is 5.22. The monoisotopic (exact) mass is 216 g/mol. The number of hydrogen-bond donors (Lipinski definition) is 1. The summed E-state index contributed by atoms with van der Waals surface area (Å²) in [7, 11) is 3.42. The molecule has 0 aliphatic carbocycles. The van der Waals surface area contributed by atoms with Gasteiger partial charge in [-0.2, -0.15) is 0 Å². The molecule has 0 bridgehead atoms. The summed E-state index contributed by atoms with van der Waals surface area (Å²) in [5.74, 6) is -0.0508. The molecule has 0 aliphatic heterocycles. The molecule has 16 heavy (non-hydrogen) atoms. The van der Waals surface area contributed by atoms with Crippen molar-refractivity contribution >= 4 is 23.1 Å². The number of aldehydes is 1. The molecule has 1 aromatic heterocycles. The lowest BCUT2D eigenvalue weighted by Crippen LogP contribution is -2.21. The Morgan fingerprint density at radius 3 is 2.75 bits per heavy atom. The second-order valence-electron chi connectivity index (χ2n) is 3.82. The van der Waals surface area contributed by atoms with Crippen LogP contribution in [-0.2, 0) is 0 Å². The number of nitrogens with zero attached hydrogens (tertiary/aromatic N) is 1. The van der Waals surface area contributed by atoms with Crippen molar-refractivity contribution in [3.05, 3.63) is 35.5 Å². The van der Waals surface area contributed by atoms with Crippen LogP contribution in [0.2, 0.25) is 0 Å².